The molecule has 0 fully saturated rings. The number of halogens is 1. The molecule has 0 atom stereocenters. The second-order valence-electron chi connectivity index (χ2n) is 4.90. The maximum atomic E-state index is 11.9. The summed E-state index contributed by atoms with van der Waals surface area (Å²) < 4.78 is 0.867. The van der Waals surface area contributed by atoms with Crippen LogP contribution in [0.25, 0.3) is 0 Å². The molecule has 0 aliphatic carbocycles. The smallest absolute Gasteiger partial charge is 0.252 e. The van der Waals surface area contributed by atoms with Crippen LogP contribution in [0.1, 0.15) is 28.8 Å². The second kappa shape index (κ2) is 8.10. The number of hydrogen-bond acceptors (Lipinski definition) is 3. The minimum absolute atomic E-state index is 0.0608. The van der Waals surface area contributed by atoms with Gasteiger partial charge in [-0.1, -0.05) is 6.07 Å². The largest absolute Gasteiger partial charge is 0.352 e. The van der Waals surface area contributed by atoms with E-state index in [1.54, 1.807) is 11.4 Å². The molecule has 0 saturated carbocycles. The van der Waals surface area contributed by atoms with Crippen molar-refractivity contribution in [3.63, 3.8) is 0 Å². The normalized spacial score (nSPS) is 10.3. The molecule has 2 aromatic rings. The van der Waals surface area contributed by atoms with E-state index < -0.39 is 0 Å². The lowest BCUT2D eigenvalue weighted by Gasteiger charge is -2.08. The number of amides is 2. The van der Waals surface area contributed by atoms with Gasteiger partial charge in [0, 0.05) is 28.4 Å². The molecule has 0 aliphatic heterocycles. The van der Waals surface area contributed by atoms with Crippen LogP contribution in [0, 0.1) is 6.92 Å². The van der Waals surface area contributed by atoms with Gasteiger partial charge in [-0.25, -0.2) is 0 Å². The monoisotopic (exact) mass is 380 g/mol. The van der Waals surface area contributed by atoms with E-state index in [2.05, 4.69) is 26.6 Å². The van der Waals surface area contributed by atoms with Crippen molar-refractivity contribution in [2.24, 2.45) is 0 Å². The number of thiophene rings is 1. The topological polar surface area (TPSA) is 58.2 Å². The van der Waals surface area contributed by atoms with Crippen molar-refractivity contribution in [3.05, 3.63) is 50.6 Å². The molecule has 0 saturated heterocycles. The van der Waals surface area contributed by atoms with E-state index in [4.69, 9.17) is 0 Å². The molecule has 0 radical (unpaired) electrons. The quantitative estimate of drug-likeness (QED) is 0.744. The van der Waals surface area contributed by atoms with Gasteiger partial charge in [-0.2, -0.15) is 11.3 Å². The van der Waals surface area contributed by atoms with E-state index in [9.17, 15) is 9.59 Å². The molecule has 22 heavy (non-hydrogen) atoms. The number of anilines is 1. The summed E-state index contributed by atoms with van der Waals surface area (Å²) in [6, 6.07) is 7.55. The van der Waals surface area contributed by atoms with Gasteiger partial charge >= 0.3 is 0 Å². The highest BCUT2D eigenvalue weighted by Crippen LogP contribution is 2.23. The lowest BCUT2D eigenvalue weighted by atomic mass is 10.2. The Bertz CT molecular complexity index is 656. The van der Waals surface area contributed by atoms with Crippen molar-refractivity contribution in [2.45, 2.75) is 19.8 Å². The molecule has 2 amide bonds. The average molecular weight is 381 g/mol. The van der Waals surface area contributed by atoms with E-state index in [1.807, 2.05) is 30.5 Å². The highest BCUT2D eigenvalue weighted by molar-refractivity contribution is 9.10. The van der Waals surface area contributed by atoms with Crippen LogP contribution < -0.4 is 10.6 Å². The van der Waals surface area contributed by atoms with Crippen molar-refractivity contribution in [1.82, 2.24) is 5.32 Å². The molecule has 2 N–H and O–H groups in total. The minimum atomic E-state index is -0.0945. The standard InChI is InChI=1S/C16H17BrN2O2S/c1-11-4-5-14(13(17)9-11)19-15(20)3-2-7-18-16(21)12-6-8-22-10-12/h4-6,8-10H,2-3,7H2,1H3,(H,18,21)(H,19,20). The van der Waals surface area contributed by atoms with Crippen molar-refractivity contribution in [2.75, 3.05) is 11.9 Å². The fraction of sp³-hybridized carbons (Fsp3) is 0.250. The minimum Gasteiger partial charge on any atom is -0.352 e. The predicted molar refractivity (Wildman–Crippen MR) is 93.4 cm³/mol. The summed E-state index contributed by atoms with van der Waals surface area (Å²) in [5, 5.41) is 9.32. The Labute approximate surface area is 142 Å². The van der Waals surface area contributed by atoms with Crippen LogP contribution in [0.4, 0.5) is 5.69 Å². The summed E-state index contributed by atoms with van der Waals surface area (Å²) in [5.41, 5.74) is 2.55. The van der Waals surface area contributed by atoms with Gasteiger partial charge < -0.3 is 10.6 Å². The van der Waals surface area contributed by atoms with E-state index in [0.717, 1.165) is 15.7 Å². The lowest BCUT2D eigenvalue weighted by Crippen LogP contribution is -2.25. The first-order valence-corrected chi connectivity index (χ1v) is 8.66. The fourth-order valence-corrected chi connectivity index (χ4v) is 3.11. The van der Waals surface area contributed by atoms with Gasteiger partial charge in [0.15, 0.2) is 0 Å². The molecule has 116 valence electrons. The van der Waals surface area contributed by atoms with Crippen molar-refractivity contribution in [3.8, 4) is 0 Å². The molecule has 1 heterocycles. The van der Waals surface area contributed by atoms with E-state index in [1.165, 1.54) is 11.3 Å². The third-order valence-electron chi connectivity index (χ3n) is 3.05. The first-order valence-electron chi connectivity index (χ1n) is 6.92. The van der Waals surface area contributed by atoms with Crippen LogP contribution in [0.5, 0.6) is 0 Å². The van der Waals surface area contributed by atoms with Gasteiger partial charge in [0.2, 0.25) is 5.91 Å². The third-order valence-corrected chi connectivity index (χ3v) is 4.39. The maximum absolute atomic E-state index is 11.9. The molecule has 0 spiro atoms. The maximum Gasteiger partial charge on any atom is 0.252 e. The molecular weight excluding hydrogens is 364 g/mol. The lowest BCUT2D eigenvalue weighted by molar-refractivity contribution is -0.116. The Morgan fingerprint density at radius 2 is 2.09 bits per heavy atom. The summed E-state index contributed by atoms with van der Waals surface area (Å²) in [7, 11) is 0. The number of rotatable bonds is 6. The van der Waals surface area contributed by atoms with Gasteiger partial charge in [-0.15, -0.1) is 0 Å². The van der Waals surface area contributed by atoms with Crippen LogP contribution in [-0.2, 0) is 4.79 Å². The Kier molecular flexibility index (Phi) is 6.15. The average Bonchev–Trinajstić information content (AvgIpc) is 3.01. The summed E-state index contributed by atoms with van der Waals surface area (Å²) in [5.74, 6) is -0.155. The van der Waals surface area contributed by atoms with Gasteiger partial charge in [0.05, 0.1) is 5.69 Å². The Morgan fingerprint density at radius 1 is 1.27 bits per heavy atom. The van der Waals surface area contributed by atoms with Crippen LogP contribution in [0.3, 0.4) is 0 Å². The molecule has 6 heteroatoms. The summed E-state index contributed by atoms with van der Waals surface area (Å²) in [4.78, 5) is 23.6. The van der Waals surface area contributed by atoms with Gasteiger partial charge in [0.1, 0.15) is 0 Å². The zero-order valence-electron chi connectivity index (χ0n) is 12.2. The van der Waals surface area contributed by atoms with Crippen molar-refractivity contribution < 1.29 is 9.59 Å². The van der Waals surface area contributed by atoms with Gasteiger partial charge in [-0.05, 0) is 58.4 Å². The predicted octanol–water partition coefficient (Wildman–Crippen LogP) is 3.97. The molecule has 0 bridgehead atoms. The van der Waals surface area contributed by atoms with E-state index in [0.29, 0.717) is 24.9 Å². The summed E-state index contributed by atoms with van der Waals surface area (Å²) in [6.07, 6.45) is 0.968. The Hall–Kier alpha value is -1.66. The second-order valence-corrected chi connectivity index (χ2v) is 6.54. The van der Waals surface area contributed by atoms with Crippen LogP contribution in [0.2, 0.25) is 0 Å². The van der Waals surface area contributed by atoms with Crippen molar-refractivity contribution in [1.29, 1.82) is 0 Å². The Balaban J connectivity index is 1.71. The molecule has 4 nitrogen and oxygen atoms in total. The molecule has 2 rings (SSSR count). The fourth-order valence-electron chi connectivity index (χ4n) is 1.88. The zero-order valence-corrected chi connectivity index (χ0v) is 14.6. The number of carbonyl (C=O) groups excluding carboxylic acids is 2. The van der Waals surface area contributed by atoms with Crippen LogP contribution >= 0.6 is 27.3 Å². The van der Waals surface area contributed by atoms with E-state index in [-0.39, 0.29) is 11.8 Å². The number of nitrogens with one attached hydrogen (secondary N) is 2. The Morgan fingerprint density at radius 3 is 2.77 bits per heavy atom. The SMILES string of the molecule is Cc1ccc(NC(=O)CCCNC(=O)c2ccsc2)c(Br)c1. The van der Waals surface area contributed by atoms with Crippen molar-refractivity contribution >= 4 is 44.8 Å². The van der Waals surface area contributed by atoms with Crippen LogP contribution in [0.15, 0.2) is 39.5 Å². The molecule has 1 aromatic carbocycles. The first-order chi connectivity index (χ1) is 10.6. The first kappa shape index (κ1) is 16.7. The molecular formula is C16H17BrN2O2S. The molecule has 1 aromatic heterocycles. The van der Waals surface area contributed by atoms with Crippen LogP contribution in [-0.4, -0.2) is 18.4 Å². The number of hydrogen-bond donors (Lipinski definition) is 2. The number of aryl methyl sites for hydroxylation is 1. The summed E-state index contributed by atoms with van der Waals surface area (Å²) >= 11 is 4.91. The highest BCUT2D eigenvalue weighted by atomic mass is 79.9. The highest BCUT2D eigenvalue weighted by Gasteiger charge is 2.07. The molecule has 0 aliphatic rings. The number of benzene rings is 1. The molecule has 0 unspecified atom stereocenters. The summed E-state index contributed by atoms with van der Waals surface area (Å²) in [6.45, 7) is 2.48. The number of carbonyl (C=O) groups is 2. The van der Waals surface area contributed by atoms with Gasteiger partial charge in [-0.3, -0.25) is 9.59 Å². The van der Waals surface area contributed by atoms with Gasteiger partial charge in [0.25, 0.3) is 5.91 Å². The zero-order chi connectivity index (χ0) is 15.9. The third kappa shape index (κ3) is 4.96. The van der Waals surface area contributed by atoms with E-state index >= 15 is 0 Å².